The lowest BCUT2D eigenvalue weighted by molar-refractivity contribution is -0.121. The molecule has 4 rings (SSSR count). The molecule has 132 valence electrons. The van der Waals surface area contributed by atoms with E-state index in [9.17, 15) is 4.79 Å². The highest BCUT2D eigenvalue weighted by atomic mass is 16.4. The molecular weight excluding hydrogens is 302 g/mol. The minimum atomic E-state index is 0.138. The summed E-state index contributed by atoms with van der Waals surface area (Å²) in [6, 6.07) is 0.428. The monoisotopic (exact) mass is 331 g/mol. The van der Waals surface area contributed by atoms with E-state index in [-0.39, 0.29) is 5.91 Å². The van der Waals surface area contributed by atoms with Crippen molar-refractivity contribution in [3.05, 3.63) is 11.8 Å². The van der Waals surface area contributed by atoms with Gasteiger partial charge < -0.3 is 9.73 Å². The fourth-order valence-electron chi connectivity index (χ4n) is 4.67. The van der Waals surface area contributed by atoms with Gasteiger partial charge in [-0.15, -0.1) is 10.2 Å². The van der Waals surface area contributed by atoms with E-state index in [1.165, 1.54) is 51.4 Å². The molecule has 3 aliphatic rings. The first-order valence-electron chi connectivity index (χ1n) is 9.91. The summed E-state index contributed by atoms with van der Waals surface area (Å²) in [7, 11) is 0. The van der Waals surface area contributed by atoms with Gasteiger partial charge in [0.15, 0.2) is 0 Å². The molecule has 1 N–H and O–H groups in total. The van der Waals surface area contributed by atoms with Gasteiger partial charge >= 0.3 is 0 Å². The summed E-state index contributed by atoms with van der Waals surface area (Å²) in [4.78, 5) is 12.2. The van der Waals surface area contributed by atoms with Crippen LogP contribution in [0.1, 0.15) is 88.3 Å². The number of nitrogens with zero attached hydrogens (tertiary/aromatic N) is 2. The van der Waals surface area contributed by atoms with E-state index < -0.39 is 0 Å². The normalized spacial score (nSPS) is 28.2. The van der Waals surface area contributed by atoms with Crippen molar-refractivity contribution in [3.63, 3.8) is 0 Å². The lowest BCUT2D eigenvalue weighted by Crippen LogP contribution is -2.28. The van der Waals surface area contributed by atoms with Gasteiger partial charge in [0.1, 0.15) is 0 Å². The lowest BCUT2D eigenvalue weighted by Gasteiger charge is -2.21. The Labute approximate surface area is 144 Å². The molecule has 1 aromatic rings. The van der Waals surface area contributed by atoms with Crippen LogP contribution < -0.4 is 5.32 Å². The molecule has 3 saturated carbocycles. The quantitative estimate of drug-likeness (QED) is 0.862. The van der Waals surface area contributed by atoms with Gasteiger partial charge in [0.2, 0.25) is 17.7 Å². The Hall–Kier alpha value is -1.39. The molecule has 24 heavy (non-hydrogen) atoms. The second kappa shape index (κ2) is 7.24. The van der Waals surface area contributed by atoms with Gasteiger partial charge in [-0.2, -0.15) is 0 Å². The Bertz CT molecular complexity index is 559. The van der Waals surface area contributed by atoms with Crippen LogP contribution in [-0.2, 0) is 11.2 Å². The van der Waals surface area contributed by atoms with Crippen molar-refractivity contribution in [1.29, 1.82) is 0 Å². The molecule has 1 heterocycles. The number of carbonyl (C=O) groups is 1. The molecule has 5 heteroatoms. The fourth-order valence-corrected chi connectivity index (χ4v) is 4.67. The van der Waals surface area contributed by atoms with Gasteiger partial charge in [-0.05, 0) is 31.1 Å². The Balaban J connectivity index is 1.18. The number of hydrogen-bond acceptors (Lipinski definition) is 4. The van der Waals surface area contributed by atoms with Crippen molar-refractivity contribution >= 4 is 5.91 Å². The molecule has 1 aromatic heterocycles. The number of aromatic nitrogens is 2. The summed E-state index contributed by atoms with van der Waals surface area (Å²) in [6.07, 6.45) is 13.9. The van der Waals surface area contributed by atoms with Gasteiger partial charge in [-0.1, -0.05) is 44.9 Å². The fraction of sp³-hybridized carbons (Fsp3) is 0.842. The zero-order valence-corrected chi connectivity index (χ0v) is 14.5. The van der Waals surface area contributed by atoms with Crippen molar-refractivity contribution < 1.29 is 9.21 Å². The van der Waals surface area contributed by atoms with Gasteiger partial charge in [-0.3, -0.25) is 4.79 Å². The Morgan fingerprint density at radius 1 is 1.04 bits per heavy atom. The molecule has 0 saturated heterocycles. The number of nitrogens with one attached hydrogen (secondary N) is 1. The molecule has 3 aliphatic carbocycles. The van der Waals surface area contributed by atoms with E-state index in [1.807, 2.05) is 0 Å². The van der Waals surface area contributed by atoms with E-state index in [0.717, 1.165) is 30.6 Å². The molecule has 0 bridgehead atoms. The molecule has 2 atom stereocenters. The molecule has 0 radical (unpaired) electrons. The summed E-state index contributed by atoms with van der Waals surface area (Å²) < 4.78 is 5.75. The van der Waals surface area contributed by atoms with E-state index in [1.54, 1.807) is 0 Å². The highest BCUT2D eigenvalue weighted by Gasteiger charge is 2.43. The first-order chi connectivity index (χ1) is 11.8. The zero-order valence-electron chi connectivity index (χ0n) is 14.5. The number of carbonyl (C=O) groups excluding carboxylic acids is 1. The van der Waals surface area contributed by atoms with Crippen LogP contribution in [0.3, 0.4) is 0 Å². The molecule has 5 nitrogen and oxygen atoms in total. The molecule has 2 unspecified atom stereocenters. The van der Waals surface area contributed by atoms with E-state index in [4.69, 9.17) is 4.42 Å². The minimum Gasteiger partial charge on any atom is -0.425 e. The minimum absolute atomic E-state index is 0.138. The second-order valence-corrected chi connectivity index (χ2v) is 7.99. The second-order valence-electron chi connectivity index (χ2n) is 7.99. The lowest BCUT2D eigenvalue weighted by atomic mass is 9.85. The SMILES string of the molecule is O=C(CCc1nnc(C2CCCC2)o1)NC1CC1C1CCCCC1. The number of hydrogen-bond donors (Lipinski definition) is 1. The average molecular weight is 331 g/mol. The van der Waals surface area contributed by atoms with Crippen LogP contribution in [0.4, 0.5) is 0 Å². The molecule has 1 amide bonds. The van der Waals surface area contributed by atoms with Crippen LogP contribution in [0.25, 0.3) is 0 Å². The summed E-state index contributed by atoms with van der Waals surface area (Å²) in [5.41, 5.74) is 0. The first-order valence-corrected chi connectivity index (χ1v) is 9.91. The number of rotatable bonds is 6. The maximum Gasteiger partial charge on any atom is 0.220 e. The van der Waals surface area contributed by atoms with Crippen molar-refractivity contribution in [3.8, 4) is 0 Å². The predicted molar refractivity (Wildman–Crippen MR) is 90.4 cm³/mol. The highest BCUT2D eigenvalue weighted by molar-refractivity contribution is 5.76. The third-order valence-corrected chi connectivity index (χ3v) is 6.19. The highest BCUT2D eigenvalue weighted by Crippen LogP contribution is 2.44. The smallest absolute Gasteiger partial charge is 0.220 e. The van der Waals surface area contributed by atoms with Crippen molar-refractivity contribution in [2.45, 2.75) is 89.0 Å². The molecule has 0 aromatic carbocycles. The first kappa shape index (κ1) is 16.1. The topological polar surface area (TPSA) is 68.0 Å². The van der Waals surface area contributed by atoms with Gasteiger partial charge in [0.05, 0.1) is 0 Å². The summed E-state index contributed by atoms with van der Waals surface area (Å²) >= 11 is 0. The van der Waals surface area contributed by atoms with Crippen LogP contribution in [-0.4, -0.2) is 22.1 Å². The maximum atomic E-state index is 12.2. The standard InChI is InChI=1S/C19H29N3O2/c23-17(20-16-12-15(16)13-6-2-1-3-7-13)10-11-18-21-22-19(24-18)14-8-4-5-9-14/h13-16H,1-12H2,(H,20,23). The van der Waals surface area contributed by atoms with Crippen LogP contribution in [0.2, 0.25) is 0 Å². The van der Waals surface area contributed by atoms with Crippen molar-refractivity contribution in [1.82, 2.24) is 15.5 Å². The van der Waals surface area contributed by atoms with Crippen LogP contribution >= 0.6 is 0 Å². The van der Waals surface area contributed by atoms with Gasteiger partial charge in [0.25, 0.3) is 0 Å². The number of amides is 1. The number of aryl methyl sites for hydroxylation is 1. The Morgan fingerprint density at radius 2 is 1.79 bits per heavy atom. The van der Waals surface area contributed by atoms with Crippen LogP contribution in [0.15, 0.2) is 4.42 Å². The Morgan fingerprint density at radius 3 is 2.58 bits per heavy atom. The van der Waals surface area contributed by atoms with E-state index >= 15 is 0 Å². The average Bonchev–Trinajstić information content (AvgIpc) is 3.03. The van der Waals surface area contributed by atoms with Crippen molar-refractivity contribution in [2.24, 2.45) is 11.8 Å². The summed E-state index contributed by atoms with van der Waals surface area (Å²) in [6.45, 7) is 0. The maximum absolute atomic E-state index is 12.2. The Kier molecular flexibility index (Phi) is 4.86. The summed E-state index contributed by atoms with van der Waals surface area (Å²) in [5.74, 6) is 3.58. The molecule has 0 spiro atoms. The third-order valence-electron chi connectivity index (χ3n) is 6.19. The molecular formula is C19H29N3O2. The predicted octanol–water partition coefficient (Wildman–Crippen LogP) is 3.74. The van der Waals surface area contributed by atoms with E-state index in [2.05, 4.69) is 15.5 Å². The van der Waals surface area contributed by atoms with Crippen LogP contribution in [0.5, 0.6) is 0 Å². The van der Waals surface area contributed by atoms with Gasteiger partial charge in [-0.25, -0.2) is 0 Å². The van der Waals surface area contributed by atoms with E-state index in [0.29, 0.717) is 30.7 Å². The molecule has 3 fully saturated rings. The molecule has 0 aliphatic heterocycles. The largest absolute Gasteiger partial charge is 0.425 e. The van der Waals surface area contributed by atoms with Crippen LogP contribution in [0, 0.1) is 11.8 Å². The third kappa shape index (κ3) is 3.81. The van der Waals surface area contributed by atoms with Crippen molar-refractivity contribution in [2.75, 3.05) is 0 Å². The zero-order chi connectivity index (χ0) is 16.4. The van der Waals surface area contributed by atoms with Gasteiger partial charge in [0, 0.05) is 24.8 Å². The summed E-state index contributed by atoms with van der Waals surface area (Å²) in [5, 5.41) is 11.5.